The number of benzene rings is 1. The maximum atomic E-state index is 12.4. The Balaban J connectivity index is 2.08. The first-order valence-corrected chi connectivity index (χ1v) is 7.99. The molecule has 0 bridgehead atoms. The van der Waals surface area contributed by atoms with Crippen molar-refractivity contribution in [2.45, 2.75) is 50.2 Å². The van der Waals surface area contributed by atoms with Crippen molar-refractivity contribution in [3.05, 3.63) is 29.3 Å². The average Bonchev–Trinajstić information content (AvgIpc) is 2.56. The number of aliphatic hydroxyl groups is 3. The minimum Gasteiger partial charge on any atom is -0.479 e. The summed E-state index contributed by atoms with van der Waals surface area (Å²) in [6.07, 6.45) is -9.25. The molecule has 2 rings (SSSR count). The molecule has 0 aromatic heterocycles. The van der Waals surface area contributed by atoms with E-state index in [-0.39, 0.29) is 0 Å². The van der Waals surface area contributed by atoms with Crippen LogP contribution >= 0.6 is 11.6 Å². The van der Waals surface area contributed by atoms with Crippen molar-refractivity contribution in [3.8, 4) is 5.75 Å². The van der Waals surface area contributed by atoms with Gasteiger partial charge in [0.1, 0.15) is 24.1 Å². The summed E-state index contributed by atoms with van der Waals surface area (Å²) in [5.41, 5.74) is -1.53. The predicted octanol–water partition coefficient (Wildman–Crippen LogP) is -0.0672. The minimum absolute atomic E-state index is 0.320. The number of aliphatic carboxylic acids is 1. The summed E-state index contributed by atoms with van der Waals surface area (Å²) in [7, 11) is 0. The molecule has 1 heterocycles. The second-order valence-electron chi connectivity index (χ2n) is 6.21. The van der Waals surface area contributed by atoms with E-state index in [1.54, 1.807) is 12.1 Å². The first kappa shape index (κ1) is 20.4. The molecule has 1 aromatic carbocycles. The Morgan fingerprint density at radius 1 is 1.08 bits per heavy atom. The third-order valence-electron chi connectivity index (χ3n) is 3.71. The number of halogens is 1. The van der Waals surface area contributed by atoms with Gasteiger partial charge >= 0.3 is 11.9 Å². The Hall–Kier alpha value is -1.91. The Morgan fingerprint density at radius 2 is 1.65 bits per heavy atom. The number of carbonyl (C=O) groups is 2. The Morgan fingerprint density at radius 3 is 2.19 bits per heavy atom. The summed E-state index contributed by atoms with van der Waals surface area (Å²) in [4.78, 5) is 23.4. The van der Waals surface area contributed by atoms with Crippen LogP contribution in [0.5, 0.6) is 5.75 Å². The minimum atomic E-state index is -1.88. The van der Waals surface area contributed by atoms with Crippen LogP contribution in [0.4, 0.5) is 0 Å². The highest BCUT2D eigenvalue weighted by molar-refractivity contribution is 6.30. The van der Waals surface area contributed by atoms with E-state index >= 15 is 0 Å². The smallest absolute Gasteiger partial charge is 0.352 e. The summed E-state index contributed by atoms with van der Waals surface area (Å²) >= 11 is 5.77. The van der Waals surface area contributed by atoms with Crippen LogP contribution < -0.4 is 4.74 Å². The number of hydrogen-bond donors (Lipinski definition) is 4. The summed E-state index contributed by atoms with van der Waals surface area (Å²) in [5, 5.41) is 38.7. The van der Waals surface area contributed by atoms with Gasteiger partial charge in [-0.3, -0.25) is 0 Å². The molecule has 1 unspecified atom stereocenters. The van der Waals surface area contributed by atoms with E-state index in [9.17, 15) is 24.9 Å². The second kappa shape index (κ2) is 7.77. The van der Waals surface area contributed by atoms with E-state index in [2.05, 4.69) is 0 Å². The van der Waals surface area contributed by atoms with Crippen LogP contribution in [0.2, 0.25) is 5.02 Å². The van der Waals surface area contributed by atoms with E-state index in [1.807, 2.05) is 0 Å². The average molecular weight is 391 g/mol. The van der Waals surface area contributed by atoms with Gasteiger partial charge in [0.2, 0.25) is 6.29 Å². The van der Waals surface area contributed by atoms with Crippen molar-refractivity contribution in [1.29, 1.82) is 0 Å². The summed E-state index contributed by atoms with van der Waals surface area (Å²) < 4.78 is 15.4. The monoisotopic (exact) mass is 390 g/mol. The lowest BCUT2D eigenvalue weighted by Crippen LogP contribution is -2.61. The van der Waals surface area contributed by atoms with E-state index in [0.29, 0.717) is 10.8 Å². The maximum Gasteiger partial charge on any atom is 0.352 e. The SMILES string of the molecule is CC(C)(Oc1ccc(Cl)cc1)C(=O)O[C@H]1OC(C(=O)O)[C@H](O)[C@@H](O)[C@H]1O. The van der Waals surface area contributed by atoms with Crippen LogP contribution in [-0.4, -0.2) is 68.7 Å². The van der Waals surface area contributed by atoms with Crippen molar-refractivity contribution in [2.24, 2.45) is 0 Å². The van der Waals surface area contributed by atoms with Crippen molar-refractivity contribution in [1.82, 2.24) is 0 Å². The van der Waals surface area contributed by atoms with Crippen molar-refractivity contribution >= 4 is 23.5 Å². The van der Waals surface area contributed by atoms with Gasteiger partial charge in [0.25, 0.3) is 0 Å². The second-order valence-corrected chi connectivity index (χ2v) is 6.64. The molecule has 0 aliphatic carbocycles. The molecule has 26 heavy (non-hydrogen) atoms. The number of rotatable bonds is 5. The molecule has 0 saturated carbocycles. The van der Waals surface area contributed by atoms with Gasteiger partial charge in [-0.2, -0.15) is 0 Å². The molecule has 1 fully saturated rings. The molecular formula is C16H19ClO9. The molecule has 4 N–H and O–H groups in total. The van der Waals surface area contributed by atoms with Gasteiger partial charge in [0, 0.05) is 5.02 Å². The molecule has 1 aromatic rings. The predicted molar refractivity (Wildman–Crippen MR) is 86.6 cm³/mol. The third kappa shape index (κ3) is 4.43. The molecule has 1 aliphatic heterocycles. The van der Waals surface area contributed by atoms with Crippen LogP contribution in [0.1, 0.15) is 13.8 Å². The number of ether oxygens (including phenoxy) is 3. The number of esters is 1. The van der Waals surface area contributed by atoms with Gasteiger partial charge in [-0.05, 0) is 38.1 Å². The lowest BCUT2D eigenvalue weighted by atomic mass is 9.99. The number of carboxylic acids is 1. The van der Waals surface area contributed by atoms with Gasteiger partial charge in [-0.15, -0.1) is 0 Å². The molecule has 10 heteroatoms. The number of aliphatic hydroxyl groups excluding tert-OH is 3. The first-order valence-electron chi connectivity index (χ1n) is 7.61. The fourth-order valence-corrected chi connectivity index (χ4v) is 2.36. The maximum absolute atomic E-state index is 12.4. The van der Waals surface area contributed by atoms with Crippen molar-refractivity contribution in [3.63, 3.8) is 0 Å². The van der Waals surface area contributed by atoms with Crippen molar-refractivity contribution in [2.75, 3.05) is 0 Å². The largest absolute Gasteiger partial charge is 0.479 e. The lowest BCUT2D eigenvalue weighted by molar-refractivity contribution is -0.289. The zero-order chi connectivity index (χ0) is 19.6. The zero-order valence-electron chi connectivity index (χ0n) is 13.9. The van der Waals surface area contributed by atoms with Crippen molar-refractivity contribution < 1.29 is 44.2 Å². The molecule has 9 nitrogen and oxygen atoms in total. The highest BCUT2D eigenvalue weighted by Crippen LogP contribution is 2.26. The number of carboxylic acid groups (broad SMARTS) is 1. The molecule has 0 spiro atoms. The van der Waals surface area contributed by atoms with Crippen LogP contribution in [0.15, 0.2) is 24.3 Å². The summed E-state index contributed by atoms with van der Waals surface area (Å²) in [6, 6.07) is 6.18. The van der Waals surface area contributed by atoms with E-state index in [0.717, 1.165) is 0 Å². The normalized spacial score (nSPS) is 29.1. The van der Waals surface area contributed by atoms with Crippen LogP contribution in [0.3, 0.4) is 0 Å². The molecule has 144 valence electrons. The van der Waals surface area contributed by atoms with Gasteiger partial charge in [0.05, 0.1) is 0 Å². The van der Waals surface area contributed by atoms with E-state index in [1.165, 1.54) is 26.0 Å². The fraction of sp³-hybridized carbons (Fsp3) is 0.500. The summed E-state index contributed by atoms with van der Waals surface area (Å²) in [5.74, 6) is -2.24. The summed E-state index contributed by atoms with van der Waals surface area (Å²) in [6.45, 7) is 2.78. The number of hydrogen-bond acceptors (Lipinski definition) is 8. The molecule has 5 atom stereocenters. The van der Waals surface area contributed by atoms with Gasteiger partial charge in [0.15, 0.2) is 11.7 Å². The van der Waals surface area contributed by atoms with E-state index < -0.39 is 48.2 Å². The first-order chi connectivity index (χ1) is 12.0. The standard InChI is InChI=1S/C16H19ClO9/c1-16(2,26-8-5-3-7(17)4-6-8)15(23)25-14-11(20)9(18)10(19)12(24-14)13(21)22/h3-6,9-12,14,18-20H,1-2H3,(H,21,22)/t9-,10-,11-,12?,14-/m1/s1. The van der Waals surface area contributed by atoms with Gasteiger partial charge < -0.3 is 34.6 Å². The van der Waals surface area contributed by atoms with Gasteiger partial charge in [-0.25, -0.2) is 9.59 Å². The molecule has 1 saturated heterocycles. The Labute approximate surface area is 153 Å². The Kier molecular flexibility index (Phi) is 6.09. The number of carbonyl (C=O) groups excluding carboxylic acids is 1. The lowest BCUT2D eigenvalue weighted by Gasteiger charge is -2.39. The molecule has 0 radical (unpaired) electrons. The Bertz CT molecular complexity index is 660. The van der Waals surface area contributed by atoms with Crippen LogP contribution in [-0.2, 0) is 19.1 Å². The fourth-order valence-electron chi connectivity index (χ4n) is 2.24. The quantitative estimate of drug-likeness (QED) is 0.508. The van der Waals surface area contributed by atoms with Crippen LogP contribution in [0.25, 0.3) is 0 Å². The molecule has 0 amide bonds. The van der Waals surface area contributed by atoms with Gasteiger partial charge in [-0.1, -0.05) is 11.6 Å². The molecular weight excluding hydrogens is 372 g/mol. The highest BCUT2D eigenvalue weighted by Gasteiger charge is 2.49. The van der Waals surface area contributed by atoms with E-state index in [4.69, 9.17) is 30.9 Å². The van der Waals surface area contributed by atoms with Crippen LogP contribution in [0, 0.1) is 0 Å². The highest BCUT2D eigenvalue weighted by atomic mass is 35.5. The topological polar surface area (TPSA) is 143 Å². The zero-order valence-corrected chi connectivity index (χ0v) is 14.7. The third-order valence-corrected chi connectivity index (χ3v) is 3.97. The molecule has 1 aliphatic rings.